The third kappa shape index (κ3) is 3.84. The van der Waals surface area contributed by atoms with Crippen LogP contribution in [0.4, 0.5) is 4.39 Å². The number of fused-ring (bicyclic) bond motifs is 1. The van der Waals surface area contributed by atoms with Crippen molar-refractivity contribution in [3.05, 3.63) is 35.2 Å². The van der Waals surface area contributed by atoms with Crippen LogP contribution in [0.5, 0.6) is 5.75 Å². The van der Waals surface area contributed by atoms with E-state index in [1.54, 1.807) is 11.0 Å². The van der Waals surface area contributed by atoms with Gasteiger partial charge in [0.1, 0.15) is 18.2 Å². The number of allylic oxidation sites excluding steroid dienone is 1. The highest BCUT2D eigenvalue weighted by Crippen LogP contribution is 2.33. The molecule has 1 aliphatic heterocycles. The zero-order valence-electron chi connectivity index (χ0n) is 12.9. The largest absolute Gasteiger partial charge is 0.489 e. The summed E-state index contributed by atoms with van der Waals surface area (Å²) in [7, 11) is 0. The van der Waals surface area contributed by atoms with Crippen molar-refractivity contribution in [2.24, 2.45) is 5.92 Å². The van der Waals surface area contributed by atoms with Gasteiger partial charge in [0, 0.05) is 18.7 Å². The van der Waals surface area contributed by atoms with Crippen LogP contribution < -0.4 is 4.74 Å². The summed E-state index contributed by atoms with van der Waals surface area (Å²) in [5.41, 5.74) is 2.82. The Morgan fingerprint density at radius 2 is 2.19 bits per heavy atom. The topological polar surface area (TPSA) is 29.5 Å². The monoisotopic (exact) mass is 291 g/mol. The van der Waals surface area contributed by atoms with E-state index in [0.717, 1.165) is 36.1 Å². The van der Waals surface area contributed by atoms with Crippen LogP contribution >= 0.6 is 0 Å². The molecule has 1 aromatic carbocycles. The molecule has 0 aliphatic carbocycles. The first-order valence-electron chi connectivity index (χ1n) is 7.32. The number of ether oxygens (including phenoxy) is 1. The van der Waals surface area contributed by atoms with Crippen LogP contribution in [0.3, 0.4) is 0 Å². The smallest absolute Gasteiger partial charge is 0.209 e. The SMILES string of the molecule is CC1=C(CN(C=O)CCC(C)C)COc2ccc(F)cc21. The van der Waals surface area contributed by atoms with Gasteiger partial charge in [0.05, 0.1) is 0 Å². The van der Waals surface area contributed by atoms with E-state index in [-0.39, 0.29) is 5.82 Å². The van der Waals surface area contributed by atoms with Crippen molar-refractivity contribution in [2.75, 3.05) is 19.7 Å². The normalized spacial score (nSPS) is 14.0. The van der Waals surface area contributed by atoms with Crippen molar-refractivity contribution in [1.82, 2.24) is 4.90 Å². The Kier molecular flexibility index (Phi) is 4.99. The zero-order valence-corrected chi connectivity index (χ0v) is 12.9. The minimum Gasteiger partial charge on any atom is -0.489 e. The maximum Gasteiger partial charge on any atom is 0.209 e. The third-order valence-electron chi connectivity index (χ3n) is 3.81. The fourth-order valence-electron chi connectivity index (χ4n) is 2.39. The number of rotatable bonds is 6. The van der Waals surface area contributed by atoms with E-state index in [1.165, 1.54) is 12.1 Å². The molecular formula is C17H22FNO2. The summed E-state index contributed by atoms with van der Waals surface area (Å²) >= 11 is 0. The average Bonchev–Trinajstić information content (AvgIpc) is 2.46. The molecule has 0 fully saturated rings. The second kappa shape index (κ2) is 6.74. The molecule has 0 saturated heterocycles. The van der Waals surface area contributed by atoms with Crippen LogP contribution in [-0.2, 0) is 4.79 Å². The molecule has 0 unspecified atom stereocenters. The van der Waals surface area contributed by atoms with Gasteiger partial charge in [-0.05, 0) is 48.6 Å². The summed E-state index contributed by atoms with van der Waals surface area (Å²) < 4.78 is 19.1. The van der Waals surface area contributed by atoms with Gasteiger partial charge in [-0.2, -0.15) is 0 Å². The molecule has 0 spiro atoms. The number of carbonyl (C=O) groups excluding carboxylic acids is 1. The standard InChI is InChI=1S/C17H22FNO2/c1-12(2)6-7-19(11-20)9-14-10-21-17-5-4-15(18)8-16(17)13(14)3/h4-5,8,11-12H,6-7,9-10H2,1-3H3. The van der Waals surface area contributed by atoms with Crippen molar-refractivity contribution in [3.8, 4) is 5.75 Å². The minimum atomic E-state index is -0.273. The van der Waals surface area contributed by atoms with Crippen LogP contribution in [0.15, 0.2) is 23.8 Å². The molecule has 114 valence electrons. The Morgan fingerprint density at radius 3 is 2.86 bits per heavy atom. The molecular weight excluding hydrogens is 269 g/mol. The number of carbonyl (C=O) groups is 1. The molecule has 3 nitrogen and oxygen atoms in total. The summed E-state index contributed by atoms with van der Waals surface area (Å²) in [6.45, 7) is 7.95. The summed E-state index contributed by atoms with van der Waals surface area (Å²) in [4.78, 5) is 13.0. The van der Waals surface area contributed by atoms with E-state index in [1.807, 2.05) is 6.92 Å². The summed E-state index contributed by atoms with van der Waals surface area (Å²) in [6, 6.07) is 4.54. The lowest BCUT2D eigenvalue weighted by Gasteiger charge is -2.26. The zero-order chi connectivity index (χ0) is 15.4. The molecule has 2 rings (SSSR count). The first kappa shape index (κ1) is 15.5. The average molecular weight is 291 g/mol. The number of benzene rings is 1. The molecule has 0 aromatic heterocycles. The third-order valence-corrected chi connectivity index (χ3v) is 3.81. The molecule has 1 aromatic rings. The fourth-order valence-corrected chi connectivity index (χ4v) is 2.39. The Labute approximate surface area is 125 Å². The fraction of sp³-hybridized carbons (Fsp3) is 0.471. The van der Waals surface area contributed by atoms with Gasteiger partial charge >= 0.3 is 0 Å². The first-order valence-corrected chi connectivity index (χ1v) is 7.32. The predicted octanol–water partition coefficient (Wildman–Crippen LogP) is 3.50. The van der Waals surface area contributed by atoms with Gasteiger partial charge < -0.3 is 9.64 Å². The lowest BCUT2D eigenvalue weighted by atomic mass is 9.98. The van der Waals surface area contributed by atoms with Crippen molar-refractivity contribution < 1.29 is 13.9 Å². The van der Waals surface area contributed by atoms with E-state index in [9.17, 15) is 9.18 Å². The highest BCUT2D eigenvalue weighted by Gasteiger charge is 2.19. The maximum atomic E-state index is 13.4. The maximum absolute atomic E-state index is 13.4. The lowest BCUT2D eigenvalue weighted by Crippen LogP contribution is -2.29. The van der Waals surface area contributed by atoms with Crippen molar-refractivity contribution in [3.63, 3.8) is 0 Å². The Hall–Kier alpha value is -1.84. The Balaban J connectivity index is 2.15. The highest BCUT2D eigenvalue weighted by molar-refractivity contribution is 5.74. The van der Waals surface area contributed by atoms with Crippen LogP contribution in [-0.4, -0.2) is 31.0 Å². The summed E-state index contributed by atoms with van der Waals surface area (Å²) in [5, 5.41) is 0. The molecule has 0 bridgehead atoms. The Bertz CT molecular complexity index is 552. The van der Waals surface area contributed by atoms with Crippen LogP contribution in [0, 0.1) is 11.7 Å². The van der Waals surface area contributed by atoms with Crippen molar-refractivity contribution >= 4 is 12.0 Å². The van der Waals surface area contributed by atoms with Crippen LogP contribution in [0.2, 0.25) is 0 Å². The number of halogens is 1. The second-order valence-corrected chi connectivity index (χ2v) is 5.92. The van der Waals surface area contributed by atoms with Crippen LogP contribution in [0.25, 0.3) is 5.57 Å². The van der Waals surface area contributed by atoms with Gasteiger partial charge in [0.2, 0.25) is 6.41 Å². The van der Waals surface area contributed by atoms with Gasteiger partial charge in [-0.15, -0.1) is 0 Å². The number of amides is 1. The Morgan fingerprint density at radius 1 is 1.43 bits per heavy atom. The molecule has 1 amide bonds. The van der Waals surface area contributed by atoms with Crippen molar-refractivity contribution in [1.29, 1.82) is 0 Å². The molecule has 21 heavy (non-hydrogen) atoms. The minimum absolute atomic E-state index is 0.273. The quantitative estimate of drug-likeness (QED) is 0.751. The molecule has 0 N–H and O–H groups in total. The van der Waals surface area contributed by atoms with Crippen molar-refractivity contribution in [2.45, 2.75) is 27.2 Å². The van der Waals surface area contributed by atoms with E-state index in [4.69, 9.17) is 4.74 Å². The van der Waals surface area contributed by atoms with Gasteiger partial charge in [0.15, 0.2) is 0 Å². The van der Waals surface area contributed by atoms with Crippen LogP contribution in [0.1, 0.15) is 32.8 Å². The van der Waals surface area contributed by atoms with Gasteiger partial charge in [0.25, 0.3) is 0 Å². The second-order valence-electron chi connectivity index (χ2n) is 5.92. The molecule has 0 atom stereocenters. The summed E-state index contributed by atoms with van der Waals surface area (Å²) in [5.74, 6) is 0.988. The molecule has 0 saturated carbocycles. The number of hydrogen-bond donors (Lipinski definition) is 0. The first-order chi connectivity index (χ1) is 10.0. The highest BCUT2D eigenvalue weighted by atomic mass is 19.1. The van der Waals surface area contributed by atoms with E-state index in [0.29, 0.717) is 24.8 Å². The van der Waals surface area contributed by atoms with E-state index >= 15 is 0 Å². The molecule has 4 heteroatoms. The lowest BCUT2D eigenvalue weighted by molar-refractivity contribution is -0.117. The van der Waals surface area contributed by atoms with E-state index in [2.05, 4.69) is 13.8 Å². The van der Waals surface area contributed by atoms with Gasteiger partial charge in [-0.1, -0.05) is 13.8 Å². The van der Waals surface area contributed by atoms with Gasteiger partial charge in [-0.25, -0.2) is 4.39 Å². The molecule has 1 heterocycles. The molecule has 0 radical (unpaired) electrons. The molecule has 1 aliphatic rings. The number of nitrogens with zero attached hydrogens (tertiary/aromatic N) is 1. The summed E-state index contributed by atoms with van der Waals surface area (Å²) in [6.07, 6.45) is 1.85. The predicted molar refractivity (Wildman–Crippen MR) is 81.6 cm³/mol. The van der Waals surface area contributed by atoms with E-state index < -0.39 is 0 Å². The number of hydrogen-bond acceptors (Lipinski definition) is 2. The van der Waals surface area contributed by atoms with Gasteiger partial charge in [-0.3, -0.25) is 4.79 Å².